The van der Waals surface area contributed by atoms with E-state index in [-0.39, 0.29) is 5.75 Å². The molecule has 17 heavy (non-hydrogen) atoms. The van der Waals surface area contributed by atoms with Crippen LogP contribution in [-0.2, 0) is 10.0 Å². The summed E-state index contributed by atoms with van der Waals surface area (Å²) in [5, 5.41) is 9.49. The van der Waals surface area contributed by atoms with Crippen LogP contribution in [0.3, 0.4) is 0 Å². The van der Waals surface area contributed by atoms with Crippen molar-refractivity contribution in [1.82, 2.24) is 4.31 Å². The van der Waals surface area contributed by atoms with Gasteiger partial charge in [0.25, 0.3) is 0 Å². The monoisotopic (exact) mass is 256 g/mol. The molecule has 2 rings (SSSR count). The topological polar surface area (TPSA) is 61.2 Å². The molecule has 1 aliphatic carbocycles. The van der Waals surface area contributed by atoms with E-state index in [9.17, 15) is 13.7 Å². The molecule has 1 heterocycles. The van der Waals surface area contributed by atoms with Gasteiger partial charge < -0.3 is 0 Å². The first-order chi connectivity index (χ1) is 8.11. The average Bonchev–Trinajstić information content (AvgIpc) is 2.60. The molecule has 0 radical (unpaired) electrons. The summed E-state index contributed by atoms with van der Waals surface area (Å²) in [7, 11) is -3.17. The van der Waals surface area contributed by atoms with Gasteiger partial charge in [-0.15, -0.1) is 0 Å². The number of sulfonamides is 1. The maximum atomic E-state index is 12.0. The van der Waals surface area contributed by atoms with Gasteiger partial charge in [0.1, 0.15) is 5.54 Å². The zero-order valence-corrected chi connectivity index (χ0v) is 11.0. The number of hydrogen-bond donors (Lipinski definition) is 0. The fourth-order valence-corrected chi connectivity index (χ4v) is 4.90. The Balaban J connectivity index is 2.26. The van der Waals surface area contributed by atoms with Crippen LogP contribution in [0.2, 0.25) is 0 Å². The number of rotatable bonds is 1. The number of nitriles is 1. The van der Waals surface area contributed by atoms with Gasteiger partial charge in [-0.05, 0) is 19.3 Å². The van der Waals surface area contributed by atoms with Crippen molar-refractivity contribution < 1.29 is 8.42 Å². The van der Waals surface area contributed by atoms with Gasteiger partial charge in [0.15, 0.2) is 0 Å². The molecule has 0 amide bonds. The van der Waals surface area contributed by atoms with Gasteiger partial charge in [0.05, 0.1) is 11.8 Å². The molecule has 2 aliphatic rings. The van der Waals surface area contributed by atoms with Crippen LogP contribution in [0.5, 0.6) is 0 Å². The third-order valence-electron chi connectivity index (χ3n) is 3.97. The van der Waals surface area contributed by atoms with E-state index in [1.54, 1.807) is 0 Å². The molecule has 0 aromatic carbocycles. The zero-order valence-electron chi connectivity index (χ0n) is 10.2. The Bertz CT molecular complexity index is 403. The Morgan fingerprint density at radius 1 is 1.00 bits per heavy atom. The molecule has 0 unspecified atom stereocenters. The van der Waals surface area contributed by atoms with Crippen molar-refractivity contribution in [2.24, 2.45) is 0 Å². The van der Waals surface area contributed by atoms with Gasteiger partial charge in [-0.3, -0.25) is 0 Å². The molecule has 96 valence electrons. The van der Waals surface area contributed by atoms with Crippen LogP contribution >= 0.6 is 0 Å². The van der Waals surface area contributed by atoms with E-state index in [0.717, 1.165) is 25.7 Å². The SMILES string of the molecule is N#CC1(N2CCCS2(=O)=O)CCCCCCC1. The van der Waals surface area contributed by atoms with E-state index in [4.69, 9.17) is 0 Å². The molecular weight excluding hydrogens is 236 g/mol. The standard InChI is InChI=1S/C12H20N2O2S/c13-11-12(7-4-2-1-3-5-8-12)14-9-6-10-17(14,15)16/h1-10H2. The second-order valence-corrected chi connectivity index (χ2v) is 7.17. The Hall–Kier alpha value is -0.600. The summed E-state index contributed by atoms with van der Waals surface area (Å²) >= 11 is 0. The third kappa shape index (κ3) is 2.48. The lowest BCUT2D eigenvalue weighted by atomic mass is 9.85. The van der Waals surface area contributed by atoms with E-state index in [0.29, 0.717) is 25.8 Å². The predicted molar refractivity (Wildman–Crippen MR) is 65.8 cm³/mol. The molecule has 0 aromatic rings. The van der Waals surface area contributed by atoms with E-state index < -0.39 is 15.6 Å². The molecule has 0 spiro atoms. The van der Waals surface area contributed by atoms with Crippen LogP contribution in [0, 0.1) is 11.3 Å². The molecule has 1 aliphatic heterocycles. The molecular formula is C12H20N2O2S. The van der Waals surface area contributed by atoms with E-state index in [1.165, 1.54) is 10.7 Å². The first kappa shape index (κ1) is 12.8. The molecule has 5 heteroatoms. The summed E-state index contributed by atoms with van der Waals surface area (Å²) in [6.45, 7) is 0.538. The van der Waals surface area contributed by atoms with Crippen LogP contribution in [0.4, 0.5) is 0 Å². The predicted octanol–water partition coefficient (Wildman–Crippen LogP) is 2.03. The fourth-order valence-electron chi connectivity index (χ4n) is 3.03. The van der Waals surface area contributed by atoms with E-state index >= 15 is 0 Å². The quantitative estimate of drug-likeness (QED) is 0.721. The highest BCUT2D eigenvalue weighted by atomic mass is 32.2. The summed E-state index contributed by atoms with van der Waals surface area (Å²) in [6.07, 6.45) is 7.50. The Morgan fingerprint density at radius 2 is 1.59 bits per heavy atom. The number of hydrogen-bond acceptors (Lipinski definition) is 3. The van der Waals surface area contributed by atoms with Crippen molar-refractivity contribution >= 4 is 10.0 Å². The lowest BCUT2D eigenvalue weighted by molar-refractivity contribution is 0.211. The fraction of sp³-hybridized carbons (Fsp3) is 0.917. The normalized spacial score (nSPS) is 29.1. The van der Waals surface area contributed by atoms with Crippen LogP contribution in [0.1, 0.15) is 51.4 Å². The van der Waals surface area contributed by atoms with Gasteiger partial charge in [-0.25, -0.2) is 8.42 Å². The molecule has 0 aromatic heterocycles. The summed E-state index contributed by atoms with van der Waals surface area (Å²) in [5.41, 5.74) is -0.740. The maximum absolute atomic E-state index is 12.0. The van der Waals surface area contributed by atoms with Gasteiger partial charge in [-0.1, -0.05) is 32.1 Å². The van der Waals surface area contributed by atoms with Crippen LogP contribution < -0.4 is 0 Å². The smallest absolute Gasteiger partial charge is 0.212 e. The highest BCUT2D eigenvalue weighted by Gasteiger charge is 2.45. The minimum Gasteiger partial charge on any atom is -0.212 e. The molecule has 1 saturated heterocycles. The van der Waals surface area contributed by atoms with Crippen LogP contribution in [0.25, 0.3) is 0 Å². The van der Waals surface area contributed by atoms with Gasteiger partial charge in [0, 0.05) is 6.54 Å². The van der Waals surface area contributed by atoms with Crippen molar-refractivity contribution in [3.8, 4) is 6.07 Å². The molecule has 0 bridgehead atoms. The minimum atomic E-state index is -3.17. The Kier molecular flexibility index (Phi) is 3.74. The molecule has 0 atom stereocenters. The average molecular weight is 256 g/mol. The van der Waals surface area contributed by atoms with E-state index in [2.05, 4.69) is 6.07 Å². The van der Waals surface area contributed by atoms with Crippen molar-refractivity contribution in [2.75, 3.05) is 12.3 Å². The first-order valence-corrected chi connectivity index (χ1v) is 8.13. The second-order valence-electron chi connectivity index (χ2n) is 5.15. The van der Waals surface area contributed by atoms with Gasteiger partial charge >= 0.3 is 0 Å². The highest BCUT2D eigenvalue weighted by molar-refractivity contribution is 7.89. The zero-order chi connectivity index (χ0) is 12.4. The van der Waals surface area contributed by atoms with E-state index in [1.807, 2.05) is 0 Å². The summed E-state index contributed by atoms with van der Waals surface area (Å²) in [5.74, 6) is 0.219. The first-order valence-electron chi connectivity index (χ1n) is 6.53. The van der Waals surface area contributed by atoms with Crippen molar-refractivity contribution in [3.63, 3.8) is 0 Å². The third-order valence-corrected chi connectivity index (χ3v) is 5.97. The second kappa shape index (κ2) is 4.95. The lowest BCUT2D eigenvalue weighted by Crippen LogP contribution is -2.48. The van der Waals surface area contributed by atoms with Gasteiger partial charge in [0.2, 0.25) is 10.0 Å². The lowest BCUT2D eigenvalue weighted by Gasteiger charge is -2.36. The highest BCUT2D eigenvalue weighted by Crippen LogP contribution is 2.35. The molecule has 2 fully saturated rings. The Morgan fingerprint density at radius 3 is 2.06 bits per heavy atom. The Labute approximate surface area is 104 Å². The number of nitrogens with zero attached hydrogens (tertiary/aromatic N) is 2. The van der Waals surface area contributed by atoms with Crippen molar-refractivity contribution in [3.05, 3.63) is 0 Å². The summed E-state index contributed by atoms with van der Waals surface area (Å²) in [6, 6.07) is 2.33. The van der Waals surface area contributed by atoms with Crippen LogP contribution in [0.15, 0.2) is 0 Å². The largest absolute Gasteiger partial charge is 0.215 e. The summed E-state index contributed by atoms with van der Waals surface area (Å²) in [4.78, 5) is 0. The van der Waals surface area contributed by atoms with Crippen molar-refractivity contribution in [1.29, 1.82) is 5.26 Å². The molecule has 0 N–H and O–H groups in total. The minimum absolute atomic E-state index is 0.219. The van der Waals surface area contributed by atoms with Crippen LogP contribution in [-0.4, -0.2) is 30.6 Å². The molecule has 1 saturated carbocycles. The maximum Gasteiger partial charge on any atom is 0.215 e. The van der Waals surface area contributed by atoms with Crippen molar-refractivity contribution in [2.45, 2.75) is 56.9 Å². The summed E-state index contributed by atoms with van der Waals surface area (Å²) < 4.78 is 25.5. The van der Waals surface area contributed by atoms with Gasteiger partial charge in [-0.2, -0.15) is 9.57 Å². The molecule has 4 nitrogen and oxygen atoms in total.